The predicted molar refractivity (Wildman–Crippen MR) is 214 cm³/mol. The normalized spacial score (nSPS) is 19.1. The lowest BCUT2D eigenvalue weighted by Gasteiger charge is -2.42. The molecule has 0 aromatic carbocycles. The number of carbonyl (C=O) groups is 4. The Bertz CT molecular complexity index is 2300. The van der Waals surface area contributed by atoms with Gasteiger partial charge in [-0.05, 0) is 93.5 Å². The van der Waals surface area contributed by atoms with E-state index in [1.165, 1.54) is 0 Å². The van der Waals surface area contributed by atoms with Crippen molar-refractivity contribution in [2.24, 2.45) is 22.7 Å². The Morgan fingerprint density at radius 3 is 1.52 bits per heavy atom. The third kappa shape index (κ3) is 6.38. The van der Waals surface area contributed by atoms with Gasteiger partial charge in [0.2, 0.25) is 0 Å². The molecule has 0 aliphatic heterocycles. The van der Waals surface area contributed by atoms with Crippen molar-refractivity contribution in [2.75, 3.05) is 0 Å². The zero-order valence-electron chi connectivity index (χ0n) is 32.6. The number of rotatable bonds is 10. The van der Waals surface area contributed by atoms with Gasteiger partial charge in [0.15, 0.2) is 34.0 Å². The second kappa shape index (κ2) is 14.9. The zero-order chi connectivity index (χ0) is 40.2. The highest BCUT2D eigenvalue weighted by Gasteiger charge is 2.66. The van der Waals surface area contributed by atoms with Gasteiger partial charge in [-0.15, -0.1) is 0 Å². The van der Waals surface area contributed by atoms with Gasteiger partial charge in [0.05, 0.1) is 12.1 Å². The predicted octanol–water partition coefficient (Wildman–Crippen LogP) is 11.1. The van der Waals surface area contributed by atoms with Gasteiger partial charge in [-0.25, -0.2) is 0 Å². The Hall–Kier alpha value is -4.62. The highest BCUT2D eigenvalue weighted by molar-refractivity contribution is 6.57. The summed E-state index contributed by atoms with van der Waals surface area (Å²) in [7, 11) is 0. The second-order valence-electron chi connectivity index (χ2n) is 16.1. The van der Waals surface area contributed by atoms with Crippen molar-refractivity contribution in [3.05, 3.63) is 103 Å². The summed E-state index contributed by atoms with van der Waals surface area (Å²) in [5.41, 5.74) is 3.28. The minimum Gasteiger partial charge on any atom is -0.294 e. The first kappa shape index (κ1) is 40.6. The van der Waals surface area contributed by atoms with Crippen LogP contribution in [0.4, 0.5) is 0 Å². The molecule has 0 unspecified atom stereocenters. The van der Waals surface area contributed by atoms with E-state index in [4.69, 9.17) is 23.2 Å². The van der Waals surface area contributed by atoms with Crippen LogP contribution in [0.2, 0.25) is 0 Å². The molecule has 278 valence electrons. The van der Waals surface area contributed by atoms with Gasteiger partial charge in [-0.1, -0.05) is 115 Å². The molecule has 0 radical (unpaired) electrons. The smallest absolute Gasteiger partial charge is 0.198 e. The summed E-state index contributed by atoms with van der Waals surface area (Å²) < 4.78 is 0. The number of hydrogen-bond acceptors (Lipinski definition) is 6. The van der Waals surface area contributed by atoms with Gasteiger partial charge in [0, 0.05) is 35.8 Å². The molecule has 0 fully saturated rings. The Kier molecular flexibility index (Phi) is 11.2. The molecule has 5 rings (SSSR count). The van der Waals surface area contributed by atoms with E-state index in [1.54, 1.807) is 39.8 Å². The van der Waals surface area contributed by atoms with Crippen LogP contribution < -0.4 is 0 Å². The van der Waals surface area contributed by atoms with E-state index in [1.807, 2.05) is 77.9 Å². The van der Waals surface area contributed by atoms with Crippen LogP contribution in [-0.4, -0.2) is 23.1 Å². The van der Waals surface area contributed by atoms with Gasteiger partial charge >= 0.3 is 0 Å². The van der Waals surface area contributed by atoms with Crippen molar-refractivity contribution in [2.45, 2.75) is 93.9 Å². The number of nitriles is 2. The SMILES string of the molecule is Cc1cc(C(=O)C(C)C)c2c(C[C@@]3(C#N)C(=O)C(Cl)=C(Cl)C(=O)[C@]3(C#N)Cc3cc(C(=O)C(C)C)c4c(C)ccc(C(C)C)cc3-4)ccc(C(C)C)cc1-2. The van der Waals surface area contributed by atoms with Crippen LogP contribution in [0.25, 0.3) is 22.3 Å². The van der Waals surface area contributed by atoms with Crippen molar-refractivity contribution in [1.82, 2.24) is 0 Å². The second-order valence-corrected chi connectivity index (χ2v) is 16.8. The maximum Gasteiger partial charge on any atom is 0.198 e. The third-order valence-electron chi connectivity index (χ3n) is 11.2. The quantitative estimate of drug-likeness (QED) is 0.149. The molecule has 5 aliphatic carbocycles. The Balaban J connectivity index is 1.88. The van der Waals surface area contributed by atoms with E-state index in [2.05, 4.69) is 12.1 Å². The first-order chi connectivity index (χ1) is 25.3. The van der Waals surface area contributed by atoms with Gasteiger partial charge in [-0.2, -0.15) is 10.5 Å². The molecule has 0 bridgehead atoms. The fraction of sp³-hybridized carbons (Fsp3) is 0.391. The van der Waals surface area contributed by atoms with E-state index in [-0.39, 0.29) is 35.2 Å². The number of carbonyl (C=O) groups excluding carboxylic acids is 4. The monoisotopic (exact) mass is 760 g/mol. The molecular formula is C46H46Cl2N2O4. The minimum atomic E-state index is -2.38. The molecule has 6 nitrogen and oxygen atoms in total. The van der Waals surface area contributed by atoms with E-state index < -0.39 is 45.3 Å². The summed E-state index contributed by atoms with van der Waals surface area (Å²) >= 11 is 13.1. The number of aryl methyl sites for hydroxylation is 2. The van der Waals surface area contributed by atoms with Gasteiger partial charge in [0.25, 0.3) is 0 Å². The summed E-state index contributed by atoms with van der Waals surface area (Å²) in [6.07, 6.45) is -0.810. The Morgan fingerprint density at radius 1 is 0.611 bits per heavy atom. The lowest BCUT2D eigenvalue weighted by Crippen LogP contribution is -2.57. The minimum absolute atomic E-state index is 0.0944. The zero-order valence-corrected chi connectivity index (χ0v) is 34.1. The third-order valence-corrected chi connectivity index (χ3v) is 12.0. The topological polar surface area (TPSA) is 116 Å². The van der Waals surface area contributed by atoms with E-state index in [0.717, 1.165) is 27.8 Å². The summed E-state index contributed by atoms with van der Waals surface area (Å²) in [6.45, 7) is 19.2. The maximum absolute atomic E-state index is 14.7. The van der Waals surface area contributed by atoms with Crippen LogP contribution in [0, 0.1) is 59.2 Å². The number of fused-ring (bicyclic) bond motifs is 2. The first-order valence-electron chi connectivity index (χ1n) is 18.5. The maximum atomic E-state index is 14.7. The number of Topliss-reactive ketones (excluding diaryl/α,β-unsaturated/α-hetero) is 4. The molecule has 0 aromatic rings. The molecule has 54 heavy (non-hydrogen) atoms. The van der Waals surface area contributed by atoms with Crippen molar-refractivity contribution in [3.63, 3.8) is 0 Å². The highest BCUT2D eigenvalue weighted by Crippen LogP contribution is 2.55. The molecule has 0 spiro atoms. The first-order valence-corrected chi connectivity index (χ1v) is 19.2. The molecule has 2 atom stereocenters. The van der Waals surface area contributed by atoms with Crippen LogP contribution in [0.15, 0.2) is 58.6 Å². The van der Waals surface area contributed by atoms with Crippen molar-refractivity contribution in [1.29, 1.82) is 10.5 Å². The summed E-state index contributed by atoms with van der Waals surface area (Å²) in [6, 6.07) is 19.5. The van der Waals surface area contributed by atoms with Gasteiger partial charge in [0.1, 0.15) is 10.1 Å². The summed E-state index contributed by atoms with van der Waals surface area (Å²) in [4.78, 5) is 57.0. The van der Waals surface area contributed by atoms with Crippen LogP contribution >= 0.6 is 23.2 Å². The molecule has 0 aromatic heterocycles. The number of halogens is 2. The molecule has 0 saturated carbocycles. The number of allylic oxidation sites excluding steroid dienone is 2. The fourth-order valence-electron chi connectivity index (χ4n) is 7.86. The average Bonchev–Trinajstić information content (AvgIpc) is 3.49. The average molecular weight is 762 g/mol. The van der Waals surface area contributed by atoms with Gasteiger partial charge < -0.3 is 0 Å². The Labute approximate surface area is 328 Å². The molecule has 8 heteroatoms. The number of nitrogens with zero attached hydrogens (tertiary/aromatic N) is 2. The van der Waals surface area contributed by atoms with Crippen LogP contribution in [0.5, 0.6) is 0 Å². The van der Waals surface area contributed by atoms with Crippen LogP contribution in [0.1, 0.15) is 121 Å². The van der Waals surface area contributed by atoms with Crippen LogP contribution in [0.3, 0.4) is 0 Å². The van der Waals surface area contributed by atoms with Crippen molar-refractivity contribution >= 4 is 46.3 Å². The van der Waals surface area contributed by atoms with Crippen molar-refractivity contribution in [3.8, 4) is 34.4 Å². The largest absolute Gasteiger partial charge is 0.294 e. The standard InChI is InChI=1S/C46H46Cl2N2O4/c1-23(2)29-12-11-27(9)37-34(17-29)32(18-36(37)42(52)26(7)8)20-46(22-50)44(54)40(48)39(47)43(53)45(46,21-49)19-31-14-13-30(24(3)4)16-33-28(10)15-35(38(31)33)41(51)25(5)6/h11-18,23-26H,19-20H2,1-10H3/t45-,46-/m1/s1. The lowest BCUT2D eigenvalue weighted by atomic mass is 9.53. The van der Waals surface area contributed by atoms with E-state index in [0.29, 0.717) is 38.9 Å². The molecule has 0 heterocycles. The lowest BCUT2D eigenvalue weighted by molar-refractivity contribution is -0.138. The number of ketones is 4. The highest BCUT2D eigenvalue weighted by atomic mass is 35.5. The van der Waals surface area contributed by atoms with Gasteiger partial charge in [-0.3, -0.25) is 19.2 Å². The molecule has 0 saturated heterocycles. The molecule has 0 N–H and O–H groups in total. The summed E-state index contributed by atoms with van der Waals surface area (Å²) in [5.74, 6) is -2.65. The molecule has 0 amide bonds. The summed E-state index contributed by atoms with van der Waals surface area (Å²) in [5, 5.41) is 21.5. The number of hydrogen-bond donors (Lipinski definition) is 0. The molecule has 5 aliphatic rings. The Morgan fingerprint density at radius 2 is 1.06 bits per heavy atom. The van der Waals surface area contributed by atoms with Crippen molar-refractivity contribution < 1.29 is 19.2 Å². The fourth-order valence-corrected chi connectivity index (χ4v) is 8.36. The van der Waals surface area contributed by atoms with Crippen LogP contribution in [-0.2, 0) is 22.4 Å². The molecular weight excluding hydrogens is 715 g/mol. The van der Waals surface area contributed by atoms with E-state index >= 15 is 0 Å². The van der Waals surface area contributed by atoms with E-state index in [9.17, 15) is 29.7 Å².